The number of nitrogens with one attached hydrogen (secondary N) is 1. The summed E-state index contributed by atoms with van der Waals surface area (Å²) in [6.45, 7) is 4.59. The van der Waals surface area contributed by atoms with Gasteiger partial charge < -0.3 is 14.8 Å². The molecule has 0 unspecified atom stereocenters. The minimum Gasteiger partial charge on any atom is -0.497 e. The molecule has 1 N–H and O–H groups in total. The number of nitrogens with zero attached hydrogens (tertiary/aromatic N) is 1. The quantitative estimate of drug-likeness (QED) is 0.779. The molecule has 0 saturated carbocycles. The van der Waals surface area contributed by atoms with Crippen LogP contribution in [0.2, 0.25) is 0 Å². The summed E-state index contributed by atoms with van der Waals surface area (Å²) in [7, 11) is -2.12. The largest absolute Gasteiger partial charge is 0.497 e. The van der Waals surface area contributed by atoms with Gasteiger partial charge in [-0.2, -0.15) is 4.31 Å². The standard InChI is InChI=1S/C21H26N2O5S/c1-15-13-23(14-16(2)28-15)29(25,26)20-9-5-7-18(11-20)21(24)22-12-17-6-4-8-19(10-17)27-3/h4-11,15-16H,12-14H2,1-3H3,(H,22,24)/t15-,16+. The maximum atomic E-state index is 13.0. The lowest BCUT2D eigenvalue weighted by Gasteiger charge is -2.34. The van der Waals surface area contributed by atoms with Crippen LogP contribution in [0.1, 0.15) is 29.8 Å². The minimum atomic E-state index is -3.70. The van der Waals surface area contributed by atoms with E-state index in [0.717, 1.165) is 5.56 Å². The molecule has 1 heterocycles. The van der Waals surface area contributed by atoms with Gasteiger partial charge in [-0.1, -0.05) is 18.2 Å². The highest BCUT2D eigenvalue weighted by atomic mass is 32.2. The first-order valence-corrected chi connectivity index (χ1v) is 10.9. The Hall–Kier alpha value is -2.42. The molecule has 0 spiro atoms. The second-order valence-corrected chi connectivity index (χ2v) is 9.08. The molecule has 3 rings (SSSR count). The average molecular weight is 419 g/mol. The van der Waals surface area contributed by atoms with Gasteiger partial charge in [-0.3, -0.25) is 4.79 Å². The van der Waals surface area contributed by atoms with Crippen LogP contribution in [0.25, 0.3) is 0 Å². The molecule has 2 atom stereocenters. The number of benzene rings is 2. The van der Waals surface area contributed by atoms with Crippen molar-refractivity contribution in [1.29, 1.82) is 0 Å². The van der Waals surface area contributed by atoms with Crippen LogP contribution in [-0.4, -0.2) is 51.0 Å². The topological polar surface area (TPSA) is 84.9 Å². The summed E-state index contributed by atoms with van der Waals surface area (Å²) < 4.78 is 38.3. The first-order valence-electron chi connectivity index (χ1n) is 9.46. The van der Waals surface area contributed by atoms with Crippen molar-refractivity contribution in [3.05, 3.63) is 59.7 Å². The van der Waals surface area contributed by atoms with Gasteiger partial charge in [0.15, 0.2) is 0 Å². The predicted molar refractivity (Wildman–Crippen MR) is 109 cm³/mol. The van der Waals surface area contributed by atoms with Crippen LogP contribution < -0.4 is 10.1 Å². The van der Waals surface area contributed by atoms with Gasteiger partial charge in [-0.15, -0.1) is 0 Å². The molecule has 0 aliphatic carbocycles. The molecule has 2 aromatic rings. The Morgan fingerprint density at radius 3 is 2.52 bits per heavy atom. The van der Waals surface area contributed by atoms with Gasteiger partial charge in [0.05, 0.1) is 24.2 Å². The normalized spacial score (nSPS) is 20.2. The van der Waals surface area contributed by atoms with Crippen LogP contribution in [0.4, 0.5) is 0 Å². The molecule has 7 nitrogen and oxygen atoms in total. The Labute approximate surface area is 171 Å². The van der Waals surface area contributed by atoms with Gasteiger partial charge in [-0.25, -0.2) is 8.42 Å². The van der Waals surface area contributed by atoms with Crippen LogP contribution >= 0.6 is 0 Å². The molecule has 1 saturated heterocycles. The number of ether oxygens (including phenoxy) is 2. The molecule has 8 heteroatoms. The monoisotopic (exact) mass is 418 g/mol. The van der Waals surface area contributed by atoms with Crippen LogP contribution in [0, 0.1) is 0 Å². The molecule has 0 bridgehead atoms. The molecule has 0 radical (unpaired) electrons. The first kappa shape index (κ1) is 21.3. The highest BCUT2D eigenvalue weighted by Crippen LogP contribution is 2.22. The van der Waals surface area contributed by atoms with Crippen molar-refractivity contribution in [3.63, 3.8) is 0 Å². The number of carbonyl (C=O) groups is 1. The van der Waals surface area contributed by atoms with Gasteiger partial charge in [0, 0.05) is 25.2 Å². The van der Waals surface area contributed by atoms with E-state index in [1.54, 1.807) is 19.2 Å². The number of hydrogen-bond donors (Lipinski definition) is 1. The zero-order valence-corrected chi connectivity index (χ0v) is 17.6. The summed E-state index contributed by atoms with van der Waals surface area (Å²) in [5, 5.41) is 2.82. The van der Waals surface area contributed by atoms with Crippen LogP contribution in [0.15, 0.2) is 53.4 Å². The van der Waals surface area contributed by atoms with Crippen molar-refractivity contribution >= 4 is 15.9 Å². The number of carbonyl (C=O) groups excluding carboxylic acids is 1. The van der Waals surface area contributed by atoms with E-state index < -0.39 is 10.0 Å². The van der Waals surface area contributed by atoms with E-state index in [1.807, 2.05) is 38.1 Å². The third kappa shape index (κ3) is 5.14. The van der Waals surface area contributed by atoms with Crippen molar-refractivity contribution in [1.82, 2.24) is 9.62 Å². The van der Waals surface area contributed by atoms with Crippen LogP contribution in [0.5, 0.6) is 5.75 Å². The third-order valence-electron chi connectivity index (χ3n) is 4.71. The summed E-state index contributed by atoms with van der Waals surface area (Å²) in [4.78, 5) is 12.7. The summed E-state index contributed by atoms with van der Waals surface area (Å²) >= 11 is 0. The Morgan fingerprint density at radius 1 is 1.14 bits per heavy atom. The Bertz CT molecular complexity index is 967. The molecule has 1 fully saturated rings. The molecule has 1 aliphatic rings. The lowest BCUT2D eigenvalue weighted by molar-refractivity contribution is -0.0440. The van der Waals surface area contributed by atoms with E-state index in [1.165, 1.54) is 16.4 Å². The molecule has 1 amide bonds. The lowest BCUT2D eigenvalue weighted by atomic mass is 10.2. The van der Waals surface area contributed by atoms with Crippen molar-refractivity contribution < 1.29 is 22.7 Å². The van der Waals surface area contributed by atoms with Gasteiger partial charge in [-0.05, 0) is 49.7 Å². The number of rotatable bonds is 6. The predicted octanol–water partition coefficient (Wildman–Crippen LogP) is 2.42. The van der Waals surface area contributed by atoms with Gasteiger partial charge in [0.1, 0.15) is 5.75 Å². The van der Waals surface area contributed by atoms with Crippen molar-refractivity contribution in [2.45, 2.75) is 37.5 Å². The number of morpholine rings is 1. The number of amides is 1. The number of sulfonamides is 1. The Morgan fingerprint density at radius 2 is 1.83 bits per heavy atom. The lowest BCUT2D eigenvalue weighted by Crippen LogP contribution is -2.48. The van der Waals surface area contributed by atoms with Gasteiger partial charge in [0.2, 0.25) is 10.0 Å². The zero-order chi connectivity index (χ0) is 21.0. The van der Waals surface area contributed by atoms with E-state index in [4.69, 9.17) is 9.47 Å². The fourth-order valence-corrected chi connectivity index (χ4v) is 4.98. The zero-order valence-electron chi connectivity index (χ0n) is 16.8. The van der Waals surface area contributed by atoms with E-state index in [9.17, 15) is 13.2 Å². The number of hydrogen-bond acceptors (Lipinski definition) is 5. The molecule has 2 aromatic carbocycles. The highest BCUT2D eigenvalue weighted by molar-refractivity contribution is 7.89. The fraction of sp³-hybridized carbons (Fsp3) is 0.381. The third-order valence-corrected chi connectivity index (χ3v) is 6.53. The molecule has 29 heavy (non-hydrogen) atoms. The molecular formula is C21H26N2O5S. The van der Waals surface area contributed by atoms with Crippen molar-refractivity contribution in [2.75, 3.05) is 20.2 Å². The average Bonchev–Trinajstić information content (AvgIpc) is 2.71. The highest BCUT2D eigenvalue weighted by Gasteiger charge is 2.32. The van der Waals surface area contributed by atoms with E-state index in [0.29, 0.717) is 30.9 Å². The summed E-state index contributed by atoms with van der Waals surface area (Å²) in [5.41, 5.74) is 1.18. The molecular weight excluding hydrogens is 392 g/mol. The maximum Gasteiger partial charge on any atom is 0.251 e. The van der Waals surface area contributed by atoms with Crippen LogP contribution in [0.3, 0.4) is 0 Å². The summed E-state index contributed by atoms with van der Waals surface area (Å²) in [6, 6.07) is 13.5. The van der Waals surface area contributed by atoms with Crippen LogP contribution in [-0.2, 0) is 21.3 Å². The first-order chi connectivity index (χ1) is 13.8. The minimum absolute atomic E-state index is 0.104. The SMILES string of the molecule is COc1cccc(CNC(=O)c2cccc(S(=O)(=O)N3C[C@@H](C)O[C@@H](C)C3)c2)c1. The Balaban J connectivity index is 1.73. The second kappa shape index (κ2) is 8.94. The Kier molecular flexibility index (Phi) is 6.56. The smallest absolute Gasteiger partial charge is 0.251 e. The molecule has 0 aromatic heterocycles. The fourth-order valence-electron chi connectivity index (χ4n) is 3.34. The molecule has 156 valence electrons. The van der Waals surface area contributed by atoms with E-state index in [2.05, 4.69) is 5.32 Å². The number of methoxy groups -OCH3 is 1. The second-order valence-electron chi connectivity index (χ2n) is 7.14. The van der Waals surface area contributed by atoms with Crippen molar-refractivity contribution in [2.24, 2.45) is 0 Å². The molecule has 1 aliphatic heterocycles. The van der Waals surface area contributed by atoms with Gasteiger partial charge in [0.25, 0.3) is 5.91 Å². The summed E-state index contributed by atoms with van der Waals surface area (Å²) in [6.07, 6.45) is -0.356. The van der Waals surface area contributed by atoms with E-state index in [-0.39, 0.29) is 23.0 Å². The van der Waals surface area contributed by atoms with Crippen molar-refractivity contribution in [3.8, 4) is 5.75 Å². The van der Waals surface area contributed by atoms with E-state index >= 15 is 0 Å². The van der Waals surface area contributed by atoms with Gasteiger partial charge >= 0.3 is 0 Å². The summed E-state index contributed by atoms with van der Waals surface area (Å²) in [5.74, 6) is 0.368. The maximum absolute atomic E-state index is 13.0.